The van der Waals surface area contributed by atoms with Crippen LogP contribution >= 0.6 is 0 Å². The van der Waals surface area contributed by atoms with E-state index in [2.05, 4.69) is 20.8 Å². The van der Waals surface area contributed by atoms with Crippen LogP contribution in [0, 0.1) is 28.6 Å². The first-order valence-corrected chi connectivity index (χ1v) is 8.63. The predicted molar refractivity (Wildman–Crippen MR) is 84.9 cm³/mol. The maximum atomic E-state index is 11.0. The molecule has 0 saturated heterocycles. The molecule has 2 saturated carbocycles. The molecule has 0 bridgehead atoms. The van der Waals surface area contributed by atoms with Crippen LogP contribution in [0.25, 0.3) is 0 Å². The van der Waals surface area contributed by atoms with E-state index in [4.69, 9.17) is 0 Å². The summed E-state index contributed by atoms with van der Waals surface area (Å²) >= 11 is 0. The highest BCUT2D eigenvalue weighted by atomic mass is 16.3. The quantitative estimate of drug-likeness (QED) is 0.748. The molecule has 2 rings (SSSR count). The van der Waals surface area contributed by atoms with Gasteiger partial charge in [-0.2, -0.15) is 0 Å². The van der Waals surface area contributed by atoms with E-state index >= 15 is 0 Å². The lowest BCUT2D eigenvalue weighted by Crippen LogP contribution is -2.61. The van der Waals surface area contributed by atoms with E-state index < -0.39 is 5.60 Å². The molecule has 5 atom stereocenters. The van der Waals surface area contributed by atoms with Gasteiger partial charge in [0.25, 0.3) is 0 Å². The van der Waals surface area contributed by atoms with Crippen molar-refractivity contribution in [3.8, 4) is 0 Å². The maximum Gasteiger partial charge on any atom is 0.0656 e. The number of aliphatic hydroxyl groups excluding tert-OH is 2. The molecule has 3 N–H and O–H groups in total. The van der Waals surface area contributed by atoms with Crippen molar-refractivity contribution in [2.75, 3.05) is 13.2 Å². The van der Waals surface area contributed by atoms with Crippen LogP contribution in [-0.4, -0.2) is 34.1 Å². The van der Waals surface area contributed by atoms with E-state index in [0.717, 1.165) is 19.3 Å². The second kappa shape index (κ2) is 5.82. The predicted octanol–water partition coefficient (Wildman–Crippen LogP) is 2.97. The molecule has 2 aliphatic rings. The normalized spacial score (nSPS) is 46.1. The number of hydrogen-bond donors (Lipinski definition) is 3. The zero-order valence-corrected chi connectivity index (χ0v) is 14.2. The number of fused-ring (bicyclic) bond motifs is 1. The van der Waals surface area contributed by atoms with Crippen LogP contribution in [0.4, 0.5) is 0 Å². The molecule has 2 fully saturated rings. The second-order valence-electron chi connectivity index (χ2n) is 8.72. The van der Waals surface area contributed by atoms with Crippen LogP contribution in [0.15, 0.2) is 0 Å². The van der Waals surface area contributed by atoms with Gasteiger partial charge in [-0.1, -0.05) is 27.2 Å². The first kappa shape index (κ1) is 17.2. The first-order chi connectivity index (χ1) is 9.69. The Kier molecular flexibility index (Phi) is 4.78. The number of aliphatic hydroxyl groups is 3. The Labute approximate surface area is 129 Å². The minimum absolute atomic E-state index is 0.0616. The molecule has 2 aliphatic carbocycles. The van der Waals surface area contributed by atoms with Gasteiger partial charge in [0.1, 0.15) is 0 Å². The molecule has 3 heteroatoms. The standard InChI is InChI=1S/C18H34O3/c1-16(2)8-5-9-17(3)14(7-11-20)18(4,21)12-13(6-10-19)15(16)17/h13-15,19-21H,5-12H2,1-4H3. The molecule has 0 amide bonds. The second-order valence-corrected chi connectivity index (χ2v) is 8.72. The van der Waals surface area contributed by atoms with E-state index in [-0.39, 0.29) is 30.0 Å². The van der Waals surface area contributed by atoms with Gasteiger partial charge in [0, 0.05) is 13.2 Å². The van der Waals surface area contributed by atoms with Gasteiger partial charge in [-0.05, 0) is 67.6 Å². The van der Waals surface area contributed by atoms with Gasteiger partial charge in [-0.25, -0.2) is 0 Å². The van der Waals surface area contributed by atoms with Crippen LogP contribution in [0.5, 0.6) is 0 Å². The van der Waals surface area contributed by atoms with E-state index in [1.54, 1.807) is 0 Å². The van der Waals surface area contributed by atoms with Crippen LogP contribution in [0.2, 0.25) is 0 Å². The van der Waals surface area contributed by atoms with Crippen molar-refractivity contribution in [3.63, 3.8) is 0 Å². The molecule has 3 nitrogen and oxygen atoms in total. The summed E-state index contributed by atoms with van der Waals surface area (Å²) in [6, 6.07) is 0. The SMILES string of the molecule is CC1(C)CCCC2(C)C1C(CCO)CC(C)(O)C2CCO. The Morgan fingerprint density at radius 3 is 2.14 bits per heavy atom. The van der Waals surface area contributed by atoms with Crippen molar-refractivity contribution in [2.24, 2.45) is 28.6 Å². The third-order valence-electron chi connectivity index (χ3n) is 6.70. The van der Waals surface area contributed by atoms with Crippen molar-refractivity contribution in [3.05, 3.63) is 0 Å². The average Bonchev–Trinajstić information content (AvgIpc) is 2.32. The third kappa shape index (κ3) is 2.89. The van der Waals surface area contributed by atoms with Gasteiger partial charge in [-0.3, -0.25) is 0 Å². The fourth-order valence-corrected chi connectivity index (χ4v) is 6.40. The van der Waals surface area contributed by atoms with E-state index in [9.17, 15) is 15.3 Å². The fraction of sp³-hybridized carbons (Fsp3) is 1.00. The minimum Gasteiger partial charge on any atom is -0.396 e. The van der Waals surface area contributed by atoms with Crippen LogP contribution in [0.3, 0.4) is 0 Å². The summed E-state index contributed by atoms with van der Waals surface area (Å²) in [5.74, 6) is 1.04. The Hall–Kier alpha value is -0.120. The molecule has 0 aromatic carbocycles. The molecule has 5 unspecified atom stereocenters. The molecular weight excluding hydrogens is 264 g/mol. The maximum absolute atomic E-state index is 11.0. The highest BCUT2D eigenvalue weighted by molar-refractivity contribution is 5.09. The number of hydrogen-bond acceptors (Lipinski definition) is 3. The van der Waals surface area contributed by atoms with Crippen LogP contribution < -0.4 is 0 Å². The van der Waals surface area contributed by atoms with Crippen molar-refractivity contribution >= 4 is 0 Å². The summed E-state index contributed by atoms with van der Waals surface area (Å²) in [5.41, 5.74) is -0.426. The summed E-state index contributed by atoms with van der Waals surface area (Å²) in [6.07, 6.45) is 5.77. The monoisotopic (exact) mass is 298 g/mol. The van der Waals surface area contributed by atoms with Crippen molar-refractivity contribution < 1.29 is 15.3 Å². The summed E-state index contributed by atoms with van der Waals surface area (Å²) in [6.45, 7) is 9.34. The Morgan fingerprint density at radius 1 is 0.952 bits per heavy atom. The van der Waals surface area contributed by atoms with Gasteiger partial charge in [0.15, 0.2) is 0 Å². The molecule has 124 valence electrons. The zero-order chi connectivity index (χ0) is 15.9. The zero-order valence-electron chi connectivity index (χ0n) is 14.2. The van der Waals surface area contributed by atoms with Crippen LogP contribution in [-0.2, 0) is 0 Å². The van der Waals surface area contributed by atoms with Gasteiger partial charge in [-0.15, -0.1) is 0 Å². The summed E-state index contributed by atoms with van der Waals surface area (Å²) in [4.78, 5) is 0. The largest absolute Gasteiger partial charge is 0.396 e. The third-order valence-corrected chi connectivity index (χ3v) is 6.70. The molecule has 0 radical (unpaired) electrons. The minimum atomic E-state index is -0.735. The first-order valence-electron chi connectivity index (χ1n) is 8.63. The fourth-order valence-electron chi connectivity index (χ4n) is 6.40. The molecule has 21 heavy (non-hydrogen) atoms. The Bertz CT molecular complexity index is 363. The topological polar surface area (TPSA) is 60.7 Å². The molecule has 0 aromatic rings. The van der Waals surface area contributed by atoms with E-state index in [1.807, 2.05) is 6.92 Å². The average molecular weight is 298 g/mol. The van der Waals surface area contributed by atoms with E-state index in [0.29, 0.717) is 18.3 Å². The summed E-state index contributed by atoms with van der Waals surface area (Å²) < 4.78 is 0. The summed E-state index contributed by atoms with van der Waals surface area (Å²) in [5, 5.41) is 30.0. The molecule has 0 aromatic heterocycles. The van der Waals surface area contributed by atoms with Crippen molar-refractivity contribution in [1.82, 2.24) is 0 Å². The smallest absolute Gasteiger partial charge is 0.0656 e. The molecule has 0 spiro atoms. The van der Waals surface area contributed by atoms with Gasteiger partial charge < -0.3 is 15.3 Å². The number of rotatable bonds is 4. The summed E-state index contributed by atoms with van der Waals surface area (Å²) in [7, 11) is 0. The lowest BCUT2D eigenvalue weighted by Gasteiger charge is -2.64. The molecular formula is C18H34O3. The van der Waals surface area contributed by atoms with Gasteiger partial charge in [0.05, 0.1) is 5.60 Å². The lowest BCUT2D eigenvalue weighted by atomic mass is 9.42. The van der Waals surface area contributed by atoms with Crippen molar-refractivity contribution in [2.45, 2.75) is 71.8 Å². The van der Waals surface area contributed by atoms with Gasteiger partial charge in [0.2, 0.25) is 0 Å². The van der Waals surface area contributed by atoms with Crippen LogP contribution in [0.1, 0.15) is 66.2 Å². The van der Waals surface area contributed by atoms with Gasteiger partial charge >= 0.3 is 0 Å². The molecule has 0 heterocycles. The Balaban J connectivity index is 2.44. The lowest BCUT2D eigenvalue weighted by molar-refractivity contribution is -0.199. The highest BCUT2D eigenvalue weighted by Crippen LogP contribution is 2.64. The van der Waals surface area contributed by atoms with Crippen molar-refractivity contribution in [1.29, 1.82) is 0 Å². The van der Waals surface area contributed by atoms with E-state index in [1.165, 1.54) is 12.8 Å². The highest BCUT2D eigenvalue weighted by Gasteiger charge is 2.60. The molecule has 0 aliphatic heterocycles. The Morgan fingerprint density at radius 2 is 1.57 bits per heavy atom.